The molecule has 0 aliphatic carbocycles. The summed E-state index contributed by atoms with van der Waals surface area (Å²) in [6.45, 7) is 3.99. The Hall–Kier alpha value is -3.22. The van der Waals surface area contributed by atoms with Crippen LogP contribution in [0.1, 0.15) is 27.4 Å². The fourth-order valence-electron chi connectivity index (χ4n) is 2.12. The molecule has 0 radical (unpaired) electrons. The number of aromatic nitrogens is 4. The Morgan fingerprint density at radius 1 is 1.21 bits per heavy atom. The smallest absolute Gasteiger partial charge is 0.272 e. The van der Waals surface area contributed by atoms with Crippen LogP contribution in [0.3, 0.4) is 0 Å². The maximum Gasteiger partial charge on any atom is 0.272 e. The number of ether oxygens (including phenoxy) is 1. The highest BCUT2D eigenvalue weighted by molar-refractivity contribution is 5.93. The molecular weight excluding hydrogens is 306 g/mol. The monoisotopic (exact) mass is 323 g/mol. The summed E-state index contributed by atoms with van der Waals surface area (Å²) in [6.07, 6.45) is 4.77. The summed E-state index contributed by atoms with van der Waals surface area (Å²) in [5, 5.41) is 2.82. The van der Waals surface area contributed by atoms with Crippen molar-refractivity contribution in [2.24, 2.45) is 0 Å². The van der Waals surface area contributed by atoms with Gasteiger partial charge in [-0.3, -0.25) is 9.78 Å². The minimum Gasteiger partial charge on any atom is -0.437 e. The van der Waals surface area contributed by atoms with Gasteiger partial charge >= 0.3 is 0 Å². The van der Waals surface area contributed by atoms with E-state index in [1.807, 2.05) is 25.1 Å². The predicted octanol–water partition coefficient (Wildman–Crippen LogP) is 2.54. The second-order valence-corrected chi connectivity index (χ2v) is 5.26. The molecule has 3 heterocycles. The number of pyridine rings is 2. The van der Waals surface area contributed by atoms with E-state index in [9.17, 15) is 4.79 Å². The number of carbonyl (C=O) groups is 1. The Morgan fingerprint density at radius 3 is 2.79 bits per heavy atom. The first-order chi connectivity index (χ1) is 11.6. The first-order valence-electron chi connectivity index (χ1n) is 7.46. The second kappa shape index (κ2) is 6.91. The minimum absolute atomic E-state index is 0.249. The highest BCUT2D eigenvalue weighted by atomic mass is 16.5. The normalized spacial score (nSPS) is 10.4. The molecule has 7 heteroatoms. The fourth-order valence-corrected chi connectivity index (χ4v) is 2.12. The van der Waals surface area contributed by atoms with Crippen molar-refractivity contribution in [3.8, 4) is 11.6 Å². The van der Waals surface area contributed by atoms with Crippen LogP contribution in [0.5, 0.6) is 11.6 Å². The van der Waals surface area contributed by atoms with Crippen molar-refractivity contribution in [1.29, 1.82) is 0 Å². The summed E-state index contributed by atoms with van der Waals surface area (Å²) < 4.78 is 5.76. The molecule has 2 N–H and O–H groups in total. The van der Waals surface area contributed by atoms with E-state index >= 15 is 0 Å². The molecule has 3 aromatic rings. The Morgan fingerprint density at radius 2 is 2.08 bits per heavy atom. The van der Waals surface area contributed by atoms with E-state index in [2.05, 4.69) is 25.3 Å². The van der Waals surface area contributed by atoms with Crippen molar-refractivity contribution < 1.29 is 9.53 Å². The molecule has 122 valence electrons. The van der Waals surface area contributed by atoms with Crippen molar-refractivity contribution in [2.45, 2.75) is 20.4 Å². The molecule has 0 atom stereocenters. The molecule has 3 aromatic heterocycles. The second-order valence-electron chi connectivity index (χ2n) is 5.26. The first kappa shape index (κ1) is 15.7. The molecule has 24 heavy (non-hydrogen) atoms. The van der Waals surface area contributed by atoms with Crippen LogP contribution in [0.2, 0.25) is 0 Å². The third-order valence-corrected chi connectivity index (χ3v) is 3.43. The average Bonchev–Trinajstić information content (AvgIpc) is 3.02. The van der Waals surface area contributed by atoms with Gasteiger partial charge in [-0.1, -0.05) is 6.07 Å². The van der Waals surface area contributed by atoms with E-state index in [1.165, 1.54) is 6.33 Å². The van der Waals surface area contributed by atoms with Crippen LogP contribution in [0.4, 0.5) is 0 Å². The Kier molecular flexibility index (Phi) is 4.51. The quantitative estimate of drug-likeness (QED) is 0.752. The van der Waals surface area contributed by atoms with Gasteiger partial charge < -0.3 is 15.0 Å². The SMILES string of the molecule is Cc1ccc(Oc2ncccc2CNC(=O)c2nc[nH]c2C)cn1. The van der Waals surface area contributed by atoms with Gasteiger partial charge in [-0.25, -0.2) is 9.97 Å². The summed E-state index contributed by atoms with van der Waals surface area (Å²) in [5.41, 5.74) is 2.77. The fraction of sp³-hybridized carbons (Fsp3) is 0.176. The number of hydrogen-bond donors (Lipinski definition) is 2. The van der Waals surface area contributed by atoms with Gasteiger partial charge in [0.05, 0.1) is 12.5 Å². The van der Waals surface area contributed by atoms with Crippen molar-refractivity contribution >= 4 is 5.91 Å². The number of H-pyrrole nitrogens is 1. The van der Waals surface area contributed by atoms with Crippen LogP contribution in [-0.2, 0) is 6.54 Å². The van der Waals surface area contributed by atoms with Gasteiger partial charge in [0.2, 0.25) is 5.88 Å². The topological polar surface area (TPSA) is 92.8 Å². The lowest BCUT2D eigenvalue weighted by molar-refractivity contribution is 0.0945. The van der Waals surface area contributed by atoms with Crippen molar-refractivity contribution in [2.75, 3.05) is 0 Å². The van der Waals surface area contributed by atoms with Crippen LogP contribution >= 0.6 is 0 Å². The van der Waals surface area contributed by atoms with Crippen LogP contribution in [0.15, 0.2) is 43.0 Å². The van der Waals surface area contributed by atoms with Crippen LogP contribution in [0, 0.1) is 13.8 Å². The molecule has 0 unspecified atom stereocenters. The Bertz CT molecular complexity index is 842. The van der Waals surface area contributed by atoms with Gasteiger partial charge in [0.1, 0.15) is 11.4 Å². The van der Waals surface area contributed by atoms with Gasteiger partial charge in [0.15, 0.2) is 0 Å². The maximum atomic E-state index is 12.1. The summed E-state index contributed by atoms with van der Waals surface area (Å²) >= 11 is 0. The van der Waals surface area contributed by atoms with Crippen molar-refractivity contribution in [3.63, 3.8) is 0 Å². The molecule has 0 fully saturated rings. The molecule has 0 saturated carbocycles. The van der Waals surface area contributed by atoms with E-state index in [4.69, 9.17) is 4.74 Å². The van der Waals surface area contributed by atoms with Gasteiger partial charge in [-0.2, -0.15) is 0 Å². The largest absolute Gasteiger partial charge is 0.437 e. The zero-order valence-electron chi connectivity index (χ0n) is 13.4. The van der Waals surface area contributed by atoms with E-state index in [0.717, 1.165) is 17.0 Å². The average molecular weight is 323 g/mol. The summed E-state index contributed by atoms with van der Waals surface area (Å²) in [5.74, 6) is 0.776. The zero-order valence-corrected chi connectivity index (χ0v) is 13.4. The van der Waals surface area contributed by atoms with E-state index in [-0.39, 0.29) is 12.5 Å². The number of hydrogen-bond acceptors (Lipinski definition) is 5. The third-order valence-electron chi connectivity index (χ3n) is 3.43. The standard InChI is InChI=1S/C17H17N5O2/c1-11-5-6-14(9-19-11)24-17-13(4-3-7-18-17)8-20-16(23)15-12(2)21-10-22-15/h3-7,9-10H,8H2,1-2H3,(H,20,23)(H,21,22). The van der Waals surface area contributed by atoms with Crippen molar-refractivity contribution in [3.05, 3.63) is 65.6 Å². The number of nitrogens with one attached hydrogen (secondary N) is 2. The molecule has 0 aromatic carbocycles. The summed E-state index contributed by atoms with van der Waals surface area (Å²) in [6, 6.07) is 7.33. The molecule has 1 amide bonds. The molecule has 0 saturated heterocycles. The minimum atomic E-state index is -0.249. The van der Waals surface area contributed by atoms with Gasteiger partial charge in [-0.15, -0.1) is 0 Å². The summed E-state index contributed by atoms with van der Waals surface area (Å²) in [7, 11) is 0. The highest BCUT2D eigenvalue weighted by Crippen LogP contribution is 2.22. The van der Waals surface area contributed by atoms with Crippen LogP contribution < -0.4 is 10.1 Å². The zero-order chi connectivity index (χ0) is 16.9. The Balaban J connectivity index is 1.71. The van der Waals surface area contributed by atoms with Crippen LogP contribution in [-0.4, -0.2) is 25.8 Å². The number of aromatic amines is 1. The molecule has 0 aliphatic heterocycles. The lowest BCUT2D eigenvalue weighted by Crippen LogP contribution is -2.24. The predicted molar refractivity (Wildman–Crippen MR) is 87.8 cm³/mol. The maximum absolute atomic E-state index is 12.1. The number of nitrogens with zero attached hydrogens (tertiary/aromatic N) is 3. The molecule has 0 spiro atoms. The third kappa shape index (κ3) is 3.57. The van der Waals surface area contributed by atoms with Gasteiger partial charge in [0, 0.05) is 29.7 Å². The van der Waals surface area contributed by atoms with Crippen LogP contribution in [0.25, 0.3) is 0 Å². The van der Waals surface area contributed by atoms with E-state index < -0.39 is 0 Å². The molecule has 3 rings (SSSR count). The lowest BCUT2D eigenvalue weighted by atomic mass is 10.2. The summed E-state index contributed by atoms with van der Waals surface area (Å²) in [4.78, 5) is 27.4. The van der Waals surface area contributed by atoms with E-state index in [0.29, 0.717) is 17.3 Å². The number of aryl methyl sites for hydroxylation is 2. The van der Waals surface area contributed by atoms with E-state index in [1.54, 1.807) is 25.4 Å². The van der Waals surface area contributed by atoms with Gasteiger partial charge in [0.25, 0.3) is 5.91 Å². The van der Waals surface area contributed by atoms with Crippen molar-refractivity contribution in [1.82, 2.24) is 25.3 Å². The van der Waals surface area contributed by atoms with Gasteiger partial charge in [-0.05, 0) is 32.0 Å². The molecule has 0 bridgehead atoms. The first-order valence-corrected chi connectivity index (χ1v) is 7.46. The molecular formula is C17H17N5O2. The number of carbonyl (C=O) groups excluding carboxylic acids is 1. The lowest BCUT2D eigenvalue weighted by Gasteiger charge is -2.10. The highest BCUT2D eigenvalue weighted by Gasteiger charge is 2.13. The molecule has 7 nitrogen and oxygen atoms in total. The number of rotatable bonds is 5. The number of imidazole rings is 1. The number of amides is 1. The Labute approximate surface area is 139 Å². The molecule has 0 aliphatic rings.